The molecule has 2 rings (SSSR count). The van der Waals surface area contributed by atoms with Gasteiger partial charge in [0, 0.05) is 38.6 Å². The molecule has 4 heteroatoms. The highest BCUT2D eigenvalue weighted by molar-refractivity contribution is 5.28. The molecule has 0 bridgehead atoms. The third-order valence-corrected chi connectivity index (χ3v) is 2.65. The third kappa shape index (κ3) is 3.45. The van der Waals surface area contributed by atoms with Crippen molar-refractivity contribution in [1.29, 1.82) is 0 Å². The van der Waals surface area contributed by atoms with E-state index in [1.165, 1.54) is 0 Å². The largest absolute Gasteiger partial charge is 0.338 e. The van der Waals surface area contributed by atoms with Crippen molar-refractivity contribution in [3.63, 3.8) is 0 Å². The van der Waals surface area contributed by atoms with Gasteiger partial charge in [0.25, 0.3) is 0 Å². The summed E-state index contributed by atoms with van der Waals surface area (Å²) in [7, 11) is 0. The summed E-state index contributed by atoms with van der Waals surface area (Å²) in [6, 6.07) is 1.85. The molecule has 0 radical (unpaired) electrons. The molecular weight excluding hydrogens is 200 g/mol. The quantitative estimate of drug-likeness (QED) is 0.761. The molecule has 0 amide bonds. The molecule has 0 atom stereocenters. The van der Waals surface area contributed by atoms with Crippen LogP contribution in [0.15, 0.2) is 18.5 Å². The molecule has 0 saturated carbocycles. The van der Waals surface area contributed by atoms with Gasteiger partial charge in [0.05, 0.1) is 0 Å². The Bertz CT molecular complexity index is 268. The van der Waals surface area contributed by atoms with Crippen molar-refractivity contribution < 1.29 is 0 Å². The maximum Gasteiger partial charge on any atom is 0.225 e. The second-order valence-electron chi connectivity index (χ2n) is 3.47. The molecule has 0 aromatic carbocycles. The second kappa shape index (κ2) is 7.17. The fourth-order valence-corrected chi connectivity index (χ4v) is 1.72. The van der Waals surface area contributed by atoms with Crippen molar-refractivity contribution in [1.82, 2.24) is 14.9 Å². The molecule has 1 aliphatic rings. The first-order valence-electron chi connectivity index (χ1n) is 6.14. The normalized spacial score (nSPS) is 16.6. The molecule has 0 spiro atoms. The number of anilines is 1. The predicted molar refractivity (Wildman–Crippen MR) is 67.7 cm³/mol. The Morgan fingerprint density at radius 3 is 2.12 bits per heavy atom. The molecule has 0 N–H and O–H groups in total. The summed E-state index contributed by atoms with van der Waals surface area (Å²) in [5.74, 6) is 0.864. The smallest absolute Gasteiger partial charge is 0.225 e. The van der Waals surface area contributed by atoms with E-state index in [2.05, 4.69) is 26.7 Å². The van der Waals surface area contributed by atoms with Crippen LogP contribution in [0.5, 0.6) is 0 Å². The number of piperazine rings is 1. The molecular formula is C12H22N4. The molecule has 1 saturated heterocycles. The van der Waals surface area contributed by atoms with Gasteiger partial charge in [-0.25, -0.2) is 9.97 Å². The maximum absolute atomic E-state index is 4.25. The monoisotopic (exact) mass is 222 g/mol. The molecule has 2 heterocycles. The van der Waals surface area contributed by atoms with E-state index in [0.29, 0.717) is 0 Å². The van der Waals surface area contributed by atoms with Gasteiger partial charge in [-0.1, -0.05) is 20.8 Å². The zero-order valence-electron chi connectivity index (χ0n) is 10.6. The Labute approximate surface area is 98.3 Å². The Balaban J connectivity index is 0.000000606. The van der Waals surface area contributed by atoms with Crippen molar-refractivity contribution in [3.8, 4) is 0 Å². The first kappa shape index (κ1) is 12.9. The minimum absolute atomic E-state index is 0.864. The van der Waals surface area contributed by atoms with E-state index in [9.17, 15) is 0 Å². The number of likely N-dealkylation sites (N-methyl/N-ethyl adjacent to an activating group) is 1. The molecule has 90 valence electrons. The Hall–Kier alpha value is -1.16. The summed E-state index contributed by atoms with van der Waals surface area (Å²) in [5.41, 5.74) is 0. The molecule has 1 aliphatic heterocycles. The lowest BCUT2D eigenvalue weighted by Gasteiger charge is -2.33. The highest BCUT2D eigenvalue weighted by Crippen LogP contribution is 2.08. The summed E-state index contributed by atoms with van der Waals surface area (Å²) < 4.78 is 0. The van der Waals surface area contributed by atoms with Gasteiger partial charge >= 0.3 is 0 Å². The minimum Gasteiger partial charge on any atom is -0.338 e. The van der Waals surface area contributed by atoms with Crippen LogP contribution in [-0.4, -0.2) is 47.6 Å². The van der Waals surface area contributed by atoms with Crippen molar-refractivity contribution in [2.24, 2.45) is 0 Å². The fourth-order valence-electron chi connectivity index (χ4n) is 1.72. The van der Waals surface area contributed by atoms with Gasteiger partial charge in [0.2, 0.25) is 5.95 Å². The van der Waals surface area contributed by atoms with Crippen LogP contribution in [0.4, 0.5) is 5.95 Å². The first-order chi connectivity index (χ1) is 7.90. The lowest BCUT2D eigenvalue weighted by Crippen LogP contribution is -2.46. The SMILES string of the molecule is CC.CCN1CCN(c2ncccn2)CC1. The topological polar surface area (TPSA) is 32.3 Å². The number of hydrogen-bond acceptors (Lipinski definition) is 4. The summed E-state index contributed by atoms with van der Waals surface area (Å²) in [6.45, 7) is 11.7. The maximum atomic E-state index is 4.25. The summed E-state index contributed by atoms with van der Waals surface area (Å²) in [4.78, 5) is 13.2. The summed E-state index contributed by atoms with van der Waals surface area (Å²) in [5, 5.41) is 0. The van der Waals surface area contributed by atoms with Crippen LogP contribution in [0.3, 0.4) is 0 Å². The highest BCUT2D eigenvalue weighted by atomic mass is 15.3. The van der Waals surface area contributed by atoms with Crippen molar-refractivity contribution >= 4 is 5.95 Å². The van der Waals surface area contributed by atoms with Crippen LogP contribution in [0, 0.1) is 0 Å². The summed E-state index contributed by atoms with van der Waals surface area (Å²) >= 11 is 0. The van der Waals surface area contributed by atoms with E-state index in [-0.39, 0.29) is 0 Å². The standard InChI is InChI=1S/C10H16N4.C2H6/c1-2-13-6-8-14(9-7-13)10-11-4-3-5-12-10;1-2/h3-5H,2,6-9H2,1H3;1-2H3. The van der Waals surface area contributed by atoms with E-state index in [0.717, 1.165) is 38.7 Å². The van der Waals surface area contributed by atoms with Crippen LogP contribution in [0.2, 0.25) is 0 Å². The first-order valence-corrected chi connectivity index (χ1v) is 6.14. The average molecular weight is 222 g/mol. The van der Waals surface area contributed by atoms with Gasteiger partial charge in [-0.3, -0.25) is 0 Å². The fraction of sp³-hybridized carbons (Fsp3) is 0.667. The van der Waals surface area contributed by atoms with Gasteiger partial charge < -0.3 is 9.80 Å². The van der Waals surface area contributed by atoms with Crippen molar-refractivity contribution in [2.45, 2.75) is 20.8 Å². The molecule has 0 unspecified atom stereocenters. The van der Waals surface area contributed by atoms with E-state index in [1.54, 1.807) is 12.4 Å². The predicted octanol–water partition coefficient (Wildman–Crippen LogP) is 1.64. The van der Waals surface area contributed by atoms with E-state index in [4.69, 9.17) is 0 Å². The molecule has 1 fully saturated rings. The molecule has 4 nitrogen and oxygen atoms in total. The van der Waals surface area contributed by atoms with Crippen LogP contribution in [0.25, 0.3) is 0 Å². The van der Waals surface area contributed by atoms with Gasteiger partial charge in [0.1, 0.15) is 0 Å². The number of hydrogen-bond donors (Lipinski definition) is 0. The molecule has 1 aromatic rings. The van der Waals surface area contributed by atoms with Crippen LogP contribution >= 0.6 is 0 Å². The van der Waals surface area contributed by atoms with Gasteiger partial charge in [0.15, 0.2) is 0 Å². The molecule has 1 aromatic heterocycles. The highest BCUT2D eigenvalue weighted by Gasteiger charge is 2.16. The zero-order chi connectivity index (χ0) is 11.8. The Morgan fingerprint density at radius 2 is 1.62 bits per heavy atom. The van der Waals surface area contributed by atoms with Crippen LogP contribution in [-0.2, 0) is 0 Å². The van der Waals surface area contributed by atoms with E-state index < -0.39 is 0 Å². The number of nitrogens with zero attached hydrogens (tertiary/aromatic N) is 4. The van der Waals surface area contributed by atoms with Gasteiger partial charge in [-0.15, -0.1) is 0 Å². The minimum atomic E-state index is 0.864. The average Bonchev–Trinajstić information content (AvgIpc) is 2.42. The zero-order valence-corrected chi connectivity index (χ0v) is 10.6. The van der Waals surface area contributed by atoms with Crippen LogP contribution < -0.4 is 4.90 Å². The lowest BCUT2D eigenvalue weighted by atomic mass is 10.3. The third-order valence-electron chi connectivity index (χ3n) is 2.65. The van der Waals surface area contributed by atoms with Gasteiger partial charge in [-0.2, -0.15) is 0 Å². The lowest BCUT2D eigenvalue weighted by molar-refractivity contribution is 0.270. The Kier molecular flexibility index (Phi) is 5.78. The van der Waals surface area contributed by atoms with Crippen molar-refractivity contribution in [2.75, 3.05) is 37.6 Å². The van der Waals surface area contributed by atoms with E-state index >= 15 is 0 Å². The number of aromatic nitrogens is 2. The molecule has 0 aliphatic carbocycles. The molecule has 16 heavy (non-hydrogen) atoms. The Morgan fingerprint density at radius 1 is 1.06 bits per heavy atom. The number of rotatable bonds is 2. The second-order valence-corrected chi connectivity index (χ2v) is 3.47. The van der Waals surface area contributed by atoms with Crippen molar-refractivity contribution in [3.05, 3.63) is 18.5 Å². The van der Waals surface area contributed by atoms with E-state index in [1.807, 2.05) is 19.9 Å². The summed E-state index contributed by atoms with van der Waals surface area (Å²) in [6.07, 6.45) is 3.60. The van der Waals surface area contributed by atoms with Crippen LogP contribution in [0.1, 0.15) is 20.8 Å². The van der Waals surface area contributed by atoms with Gasteiger partial charge in [-0.05, 0) is 12.6 Å².